The molecule has 2 aromatic carbocycles. The molecule has 0 aliphatic carbocycles. The van der Waals surface area contributed by atoms with Crippen molar-refractivity contribution in [2.75, 3.05) is 6.54 Å². The Morgan fingerprint density at radius 2 is 2.05 bits per heavy atom. The lowest BCUT2D eigenvalue weighted by molar-refractivity contribution is 0.281. The highest BCUT2D eigenvalue weighted by molar-refractivity contribution is 5.39. The molecule has 4 heteroatoms. The summed E-state index contributed by atoms with van der Waals surface area (Å²) in [5, 5.41) is 12.4. The third-order valence-electron chi connectivity index (χ3n) is 3.07. The zero-order chi connectivity index (χ0) is 15.1. The van der Waals surface area contributed by atoms with Gasteiger partial charge in [-0.2, -0.15) is 0 Å². The summed E-state index contributed by atoms with van der Waals surface area (Å²) in [6.45, 7) is 3.47. The molecule has 2 N–H and O–H groups in total. The van der Waals surface area contributed by atoms with Crippen molar-refractivity contribution in [2.45, 2.75) is 26.5 Å². The molecule has 0 spiro atoms. The highest BCUT2D eigenvalue weighted by Crippen LogP contribution is 2.26. The first-order valence-electron chi connectivity index (χ1n) is 7.09. The second kappa shape index (κ2) is 7.76. The van der Waals surface area contributed by atoms with Crippen molar-refractivity contribution in [3.8, 4) is 11.5 Å². The van der Waals surface area contributed by atoms with Crippen LogP contribution in [0.2, 0.25) is 0 Å². The van der Waals surface area contributed by atoms with Gasteiger partial charge in [0.25, 0.3) is 0 Å². The minimum absolute atomic E-state index is 0.0362. The van der Waals surface area contributed by atoms with Gasteiger partial charge in [0.15, 0.2) is 0 Å². The first kappa shape index (κ1) is 15.5. The molecule has 0 aromatic heterocycles. The van der Waals surface area contributed by atoms with E-state index < -0.39 is 0 Å². The Morgan fingerprint density at radius 1 is 1.19 bits per heavy atom. The summed E-state index contributed by atoms with van der Waals surface area (Å²) in [5.41, 5.74) is 1.55. The number of aliphatic hydroxyl groups is 1. The Kier molecular flexibility index (Phi) is 5.72. The summed E-state index contributed by atoms with van der Waals surface area (Å²) in [4.78, 5) is 0. The summed E-state index contributed by atoms with van der Waals surface area (Å²) in [7, 11) is 0. The quantitative estimate of drug-likeness (QED) is 0.765. The number of hydrogen-bond donors (Lipinski definition) is 2. The summed E-state index contributed by atoms with van der Waals surface area (Å²) in [6.07, 6.45) is 1.02. The van der Waals surface area contributed by atoms with Gasteiger partial charge < -0.3 is 15.2 Å². The molecule has 112 valence electrons. The molecule has 0 saturated carbocycles. The molecule has 0 aliphatic heterocycles. The predicted molar refractivity (Wildman–Crippen MR) is 80.8 cm³/mol. The van der Waals surface area contributed by atoms with Gasteiger partial charge in [-0.15, -0.1) is 0 Å². The fourth-order valence-electron chi connectivity index (χ4n) is 2.02. The number of rotatable bonds is 7. The minimum Gasteiger partial charge on any atom is -0.457 e. The maximum atomic E-state index is 13.4. The van der Waals surface area contributed by atoms with Gasteiger partial charge in [-0.3, -0.25) is 0 Å². The normalized spacial score (nSPS) is 10.6. The Hall–Kier alpha value is -1.91. The average Bonchev–Trinajstić information content (AvgIpc) is 2.50. The number of halogens is 1. The van der Waals surface area contributed by atoms with Gasteiger partial charge in [-0.05, 0) is 48.9 Å². The Balaban J connectivity index is 2.17. The smallest absolute Gasteiger partial charge is 0.132 e. The van der Waals surface area contributed by atoms with Crippen LogP contribution in [0, 0.1) is 5.82 Å². The number of nitrogens with one attached hydrogen (secondary N) is 1. The van der Waals surface area contributed by atoms with Gasteiger partial charge in [0.2, 0.25) is 0 Å². The zero-order valence-electron chi connectivity index (χ0n) is 12.1. The van der Waals surface area contributed by atoms with Crippen LogP contribution in [0.3, 0.4) is 0 Å². The van der Waals surface area contributed by atoms with Crippen LogP contribution in [0.4, 0.5) is 4.39 Å². The van der Waals surface area contributed by atoms with Crippen molar-refractivity contribution in [1.82, 2.24) is 5.32 Å². The van der Waals surface area contributed by atoms with Gasteiger partial charge in [-0.25, -0.2) is 4.39 Å². The third kappa shape index (κ3) is 4.55. The molecule has 0 aliphatic rings. The second-order valence-electron chi connectivity index (χ2n) is 4.84. The molecule has 0 heterocycles. The van der Waals surface area contributed by atoms with Gasteiger partial charge in [-0.1, -0.05) is 19.1 Å². The monoisotopic (exact) mass is 289 g/mol. The first-order chi connectivity index (χ1) is 10.2. The lowest BCUT2D eigenvalue weighted by atomic mass is 10.2. The molecular formula is C17H20FNO2. The van der Waals surface area contributed by atoms with E-state index in [9.17, 15) is 4.39 Å². The lowest BCUT2D eigenvalue weighted by Crippen LogP contribution is -2.14. The van der Waals surface area contributed by atoms with E-state index in [4.69, 9.17) is 9.84 Å². The van der Waals surface area contributed by atoms with Crippen LogP contribution in [0.5, 0.6) is 11.5 Å². The first-order valence-corrected chi connectivity index (χ1v) is 7.09. The molecule has 0 saturated heterocycles. The van der Waals surface area contributed by atoms with Crippen molar-refractivity contribution in [1.29, 1.82) is 0 Å². The highest BCUT2D eigenvalue weighted by Gasteiger charge is 2.07. The summed E-state index contributed by atoms with van der Waals surface area (Å²) >= 11 is 0. The molecule has 0 radical (unpaired) electrons. The van der Waals surface area contributed by atoms with Crippen LogP contribution in [0.15, 0.2) is 42.5 Å². The van der Waals surface area contributed by atoms with Crippen LogP contribution in [0.1, 0.15) is 24.5 Å². The van der Waals surface area contributed by atoms with Gasteiger partial charge >= 0.3 is 0 Å². The molecule has 0 amide bonds. The van der Waals surface area contributed by atoms with Gasteiger partial charge in [0.05, 0.1) is 6.61 Å². The number of hydrogen-bond acceptors (Lipinski definition) is 3. The van der Waals surface area contributed by atoms with Crippen LogP contribution in [0.25, 0.3) is 0 Å². The number of ether oxygens (including phenoxy) is 1. The van der Waals surface area contributed by atoms with Crippen molar-refractivity contribution >= 4 is 0 Å². The topological polar surface area (TPSA) is 41.5 Å². The highest BCUT2D eigenvalue weighted by atomic mass is 19.1. The van der Waals surface area contributed by atoms with E-state index in [0.29, 0.717) is 18.0 Å². The minimum atomic E-state index is -0.278. The third-order valence-corrected chi connectivity index (χ3v) is 3.07. The predicted octanol–water partition coefficient (Wildman–Crippen LogP) is 3.61. The van der Waals surface area contributed by atoms with E-state index in [1.165, 1.54) is 12.1 Å². The fourth-order valence-corrected chi connectivity index (χ4v) is 2.02. The summed E-state index contributed by atoms with van der Waals surface area (Å²) in [6, 6.07) is 11.7. The van der Waals surface area contributed by atoms with Gasteiger partial charge in [0, 0.05) is 12.1 Å². The van der Waals surface area contributed by atoms with Crippen molar-refractivity contribution in [3.63, 3.8) is 0 Å². The molecule has 0 fully saturated rings. The van der Waals surface area contributed by atoms with Crippen LogP contribution in [-0.4, -0.2) is 11.7 Å². The van der Waals surface area contributed by atoms with Crippen LogP contribution in [-0.2, 0) is 13.2 Å². The van der Waals surface area contributed by atoms with Crippen molar-refractivity contribution in [2.24, 2.45) is 0 Å². The van der Waals surface area contributed by atoms with E-state index >= 15 is 0 Å². The van der Waals surface area contributed by atoms with E-state index in [1.54, 1.807) is 12.1 Å². The van der Waals surface area contributed by atoms with Gasteiger partial charge in [0.1, 0.15) is 17.3 Å². The molecule has 0 unspecified atom stereocenters. The molecule has 21 heavy (non-hydrogen) atoms. The second-order valence-corrected chi connectivity index (χ2v) is 4.84. The molecule has 2 aromatic rings. The van der Waals surface area contributed by atoms with E-state index in [1.807, 2.05) is 18.2 Å². The Morgan fingerprint density at radius 3 is 2.81 bits per heavy atom. The summed E-state index contributed by atoms with van der Waals surface area (Å²) < 4.78 is 19.2. The summed E-state index contributed by atoms with van der Waals surface area (Å²) in [5.74, 6) is 0.972. The Bertz CT molecular complexity index is 587. The molecule has 3 nitrogen and oxygen atoms in total. The largest absolute Gasteiger partial charge is 0.457 e. The van der Waals surface area contributed by atoms with E-state index in [0.717, 1.165) is 24.1 Å². The van der Waals surface area contributed by atoms with Crippen LogP contribution >= 0.6 is 0 Å². The van der Waals surface area contributed by atoms with Crippen molar-refractivity contribution < 1.29 is 14.2 Å². The standard InChI is InChI=1S/C17H20FNO2/c1-2-8-19-11-14-10-15(18)6-7-17(14)21-16-5-3-4-13(9-16)12-20/h3-7,9-10,19-20H,2,8,11-12H2,1H3. The zero-order valence-corrected chi connectivity index (χ0v) is 12.1. The van der Waals surface area contributed by atoms with Crippen LogP contribution < -0.4 is 10.1 Å². The molecular weight excluding hydrogens is 269 g/mol. The van der Waals surface area contributed by atoms with E-state index in [-0.39, 0.29) is 12.4 Å². The van der Waals surface area contributed by atoms with E-state index in [2.05, 4.69) is 12.2 Å². The van der Waals surface area contributed by atoms with Crippen molar-refractivity contribution in [3.05, 3.63) is 59.4 Å². The SMILES string of the molecule is CCCNCc1cc(F)ccc1Oc1cccc(CO)c1. The lowest BCUT2D eigenvalue weighted by Gasteiger charge is -2.12. The average molecular weight is 289 g/mol. The molecule has 0 atom stereocenters. The maximum Gasteiger partial charge on any atom is 0.132 e. The maximum absolute atomic E-state index is 13.4. The molecule has 2 rings (SSSR count). The molecule has 0 bridgehead atoms. The Labute approximate surface area is 124 Å². The number of benzene rings is 2. The number of aliphatic hydroxyl groups excluding tert-OH is 1. The fraction of sp³-hybridized carbons (Fsp3) is 0.294.